The van der Waals surface area contributed by atoms with Gasteiger partial charge < -0.3 is 15.0 Å². The second-order valence-corrected chi connectivity index (χ2v) is 6.87. The molecule has 2 amide bonds. The van der Waals surface area contributed by atoms with Crippen molar-refractivity contribution in [2.75, 3.05) is 25.0 Å². The van der Waals surface area contributed by atoms with Crippen molar-refractivity contribution in [3.05, 3.63) is 58.1 Å². The van der Waals surface area contributed by atoms with Crippen LogP contribution in [-0.4, -0.2) is 36.4 Å². The fraction of sp³-hybridized carbons (Fsp3) is 0.333. The molecule has 0 atom stereocenters. The van der Waals surface area contributed by atoms with Gasteiger partial charge in [-0.25, -0.2) is 0 Å². The number of carbonyl (C=O) groups excluding carboxylic acids is 2. The minimum absolute atomic E-state index is 0.0488. The molecule has 0 aliphatic carbocycles. The van der Waals surface area contributed by atoms with Crippen molar-refractivity contribution in [2.45, 2.75) is 27.2 Å². The standard InChI is InChI=1S/C21H25BrN2O3/c1-4-15-10-11-19(18(22)12-15)27-14-20(25)23-17-9-7-8-16(13-17)21(26)24(5-2)6-3/h7-13H,4-6,14H2,1-3H3,(H,23,25). The second-order valence-electron chi connectivity index (χ2n) is 6.01. The molecule has 0 spiro atoms. The maximum absolute atomic E-state index is 12.4. The van der Waals surface area contributed by atoms with E-state index in [4.69, 9.17) is 4.74 Å². The van der Waals surface area contributed by atoms with Crippen molar-refractivity contribution in [1.29, 1.82) is 0 Å². The third-order valence-corrected chi connectivity index (χ3v) is 4.83. The van der Waals surface area contributed by atoms with Gasteiger partial charge in [-0.15, -0.1) is 0 Å². The number of hydrogen-bond donors (Lipinski definition) is 1. The van der Waals surface area contributed by atoms with Gasteiger partial charge in [0.2, 0.25) is 0 Å². The summed E-state index contributed by atoms with van der Waals surface area (Å²) in [5.74, 6) is 0.286. The molecular formula is C21H25BrN2O3. The summed E-state index contributed by atoms with van der Waals surface area (Å²) in [6, 6.07) is 12.7. The van der Waals surface area contributed by atoms with Crippen molar-refractivity contribution in [2.24, 2.45) is 0 Å². The third-order valence-electron chi connectivity index (χ3n) is 4.21. The highest BCUT2D eigenvalue weighted by atomic mass is 79.9. The van der Waals surface area contributed by atoms with E-state index in [2.05, 4.69) is 28.2 Å². The molecule has 0 bridgehead atoms. The average Bonchev–Trinajstić information content (AvgIpc) is 2.68. The van der Waals surface area contributed by atoms with E-state index in [1.165, 1.54) is 5.56 Å². The van der Waals surface area contributed by atoms with Crippen molar-refractivity contribution < 1.29 is 14.3 Å². The number of ether oxygens (including phenoxy) is 1. The highest BCUT2D eigenvalue weighted by Crippen LogP contribution is 2.26. The zero-order valence-corrected chi connectivity index (χ0v) is 17.5. The van der Waals surface area contributed by atoms with Crippen molar-refractivity contribution in [3.8, 4) is 5.75 Å². The quantitative estimate of drug-likeness (QED) is 0.667. The first-order valence-electron chi connectivity index (χ1n) is 9.08. The maximum atomic E-state index is 12.4. The van der Waals surface area contributed by atoms with Crippen LogP contribution in [0.5, 0.6) is 5.75 Å². The lowest BCUT2D eigenvalue weighted by atomic mass is 10.1. The minimum atomic E-state index is -0.283. The Hall–Kier alpha value is -2.34. The number of nitrogens with zero attached hydrogens (tertiary/aromatic N) is 1. The number of amides is 2. The predicted molar refractivity (Wildman–Crippen MR) is 111 cm³/mol. The molecule has 0 heterocycles. The zero-order chi connectivity index (χ0) is 19.8. The molecule has 27 heavy (non-hydrogen) atoms. The molecule has 0 aromatic heterocycles. The monoisotopic (exact) mass is 432 g/mol. The van der Waals surface area contributed by atoms with E-state index < -0.39 is 0 Å². The summed E-state index contributed by atoms with van der Waals surface area (Å²) in [6.45, 7) is 7.13. The Kier molecular flexibility index (Phi) is 7.85. The Morgan fingerprint density at radius 2 is 1.81 bits per heavy atom. The van der Waals surface area contributed by atoms with Crippen LogP contribution in [0.3, 0.4) is 0 Å². The molecule has 2 aromatic carbocycles. The van der Waals surface area contributed by atoms with Gasteiger partial charge in [0.1, 0.15) is 5.75 Å². The van der Waals surface area contributed by atoms with E-state index in [0.29, 0.717) is 30.1 Å². The fourth-order valence-electron chi connectivity index (χ4n) is 2.65. The summed E-state index contributed by atoms with van der Waals surface area (Å²) >= 11 is 3.46. The summed E-state index contributed by atoms with van der Waals surface area (Å²) in [6.07, 6.45) is 0.932. The largest absolute Gasteiger partial charge is 0.483 e. The van der Waals surface area contributed by atoms with Crippen LogP contribution in [0.25, 0.3) is 0 Å². The summed E-state index contributed by atoms with van der Waals surface area (Å²) in [4.78, 5) is 26.4. The Morgan fingerprint density at radius 3 is 2.44 bits per heavy atom. The molecule has 0 saturated carbocycles. The van der Waals surface area contributed by atoms with E-state index in [1.54, 1.807) is 29.2 Å². The first-order chi connectivity index (χ1) is 13.0. The van der Waals surface area contributed by atoms with E-state index >= 15 is 0 Å². The summed E-state index contributed by atoms with van der Waals surface area (Å²) < 4.78 is 6.41. The molecule has 0 aliphatic heterocycles. The third kappa shape index (κ3) is 5.82. The van der Waals surface area contributed by atoms with Gasteiger partial charge in [0.05, 0.1) is 4.47 Å². The lowest BCUT2D eigenvalue weighted by Crippen LogP contribution is -2.30. The molecule has 0 fully saturated rings. The number of rotatable bonds is 8. The highest BCUT2D eigenvalue weighted by Gasteiger charge is 2.13. The Balaban J connectivity index is 1.98. The number of hydrogen-bond acceptors (Lipinski definition) is 3. The van der Waals surface area contributed by atoms with Crippen LogP contribution in [0.1, 0.15) is 36.7 Å². The van der Waals surface area contributed by atoms with Crippen LogP contribution in [0.15, 0.2) is 46.9 Å². The van der Waals surface area contributed by atoms with Gasteiger partial charge in [-0.3, -0.25) is 9.59 Å². The van der Waals surface area contributed by atoms with Crippen LogP contribution < -0.4 is 10.1 Å². The van der Waals surface area contributed by atoms with Crippen LogP contribution in [0.4, 0.5) is 5.69 Å². The summed E-state index contributed by atoms with van der Waals surface area (Å²) in [5.41, 5.74) is 2.31. The molecule has 5 nitrogen and oxygen atoms in total. The number of carbonyl (C=O) groups is 2. The smallest absolute Gasteiger partial charge is 0.262 e. The lowest BCUT2D eigenvalue weighted by Gasteiger charge is -2.19. The van der Waals surface area contributed by atoms with Gasteiger partial charge in [-0.2, -0.15) is 0 Å². The summed E-state index contributed by atoms with van der Waals surface area (Å²) in [5, 5.41) is 2.77. The molecular weight excluding hydrogens is 408 g/mol. The molecule has 2 aromatic rings. The SMILES string of the molecule is CCc1ccc(OCC(=O)Nc2cccc(C(=O)N(CC)CC)c2)c(Br)c1. The summed E-state index contributed by atoms with van der Waals surface area (Å²) in [7, 11) is 0. The second kappa shape index (κ2) is 10.1. The first kappa shape index (κ1) is 21.0. The molecule has 6 heteroatoms. The Labute approximate surface area is 168 Å². The molecule has 144 valence electrons. The van der Waals surface area contributed by atoms with Crippen molar-refractivity contribution in [1.82, 2.24) is 4.90 Å². The molecule has 1 N–H and O–H groups in total. The zero-order valence-electron chi connectivity index (χ0n) is 15.9. The molecule has 0 saturated heterocycles. The van der Waals surface area contributed by atoms with Crippen LogP contribution in [0, 0.1) is 0 Å². The van der Waals surface area contributed by atoms with Gasteiger partial charge in [0.15, 0.2) is 6.61 Å². The fourth-order valence-corrected chi connectivity index (χ4v) is 3.19. The highest BCUT2D eigenvalue weighted by molar-refractivity contribution is 9.10. The van der Waals surface area contributed by atoms with E-state index in [1.807, 2.05) is 32.0 Å². The van der Waals surface area contributed by atoms with Gasteiger partial charge in [-0.05, 0) is 72.1 Å². The van der Waals surface area contributed by atoms with Crippen LogP contribution in [-0.2, 0) is 11.2 Å². The van der Waals surface area contributed by atoms with Gasteiger partial charge in [0.25, 0.3) is 11.8 Å². The van der Waals surface area contributed by atoms with Crippen LogP contribution in [0.2, 0.25) is 0 Å². The molecule has 0 radical (unpaired) electrons. The minimum Gasteiger partial charge on any atom is -0.483 e. The molecule has 0 unspecified atom stereocenters. The Morgan fingerprint density at radius 1 is 1.07 bits per heavy atom. The van der Waals surface area contributed by atoms with Gasteiger partial charge in [-0.1, -0.05) is 19.1 Å². The molecule has 0 aliphatic rings. The number of aryl methyl sites for hydroxylation is 1. The number of anilines is 1. The normalized spacial score (nSPS) is 10.4. The van der Waals surface area contributed by atoms with Gasteiger partial charge >= 0.3 is 0 Å². The number of halogens is 1. The predicted octanol–water partition coefficient (Wildman–Crippen LogP) is 4.51. The number of benzene rings is 2. The average molecular weight is 433 g/mol. The van der Waals surface area contributed by atoms with E-state index in [0.717, 1.165) is 10.9 Å². The van der Waals surface area contributed by atoms with E-state index in [-0.39, 0.29) is 18.4 Å². The van der Waals surface area contributed by atoms with Crippen LogP contribution >= 0.6 is 15.9 Å². The number of nitrogens with one attached hydrogen (secondary N) is 1. The van der Waals surface area contributed by atoms with Crippen molar-refractivity contribution in [3.63, 3.8) is 0 Å². The topological polar surface area (TPSA) is 58.6 Å². The molecule has 2 rings (SSSR count). The van der Waals surface area contributed by atoms with E-state index in [9.17, 15) is 9.59 Å². The maximum Gasteiger partial charge on any atom is 0.262 e. The van der Waals surface area contributed by atoms with Crippen molar-refractivity contribution >= 4 is 33.4 Å². The first-order valence-corrected chi connectivity index (χ1v) is 9.88. The Bertz CT molecular complexity index is 804. The lowest BCUT2D eigenvalue weighted by molar-refractivity contribution is -0.118. The van der Waals surface area contributed by atoms with Gasteiger partial charge in [0, 0.05) is 24.3 Å².